The minimum Gasteiger partial charge on any atom is -0.455 e. The number of rotatable bonds is 6. The lowest BCUT2D eigenvalue weighted by Gasteiger charge is -2.27. The van der Waals surface area contributed by atoms with Gasteiger partial charge < -0.3 is 14.1 Å². The molecule has 10 nitrogen and oxygen atoms in total. The average Bonchev–Trinajstić information content (AvgIpc) is 3.24. The molecule has 1 fully saturated rings. The lowest BCUT2D eigenvalue weighted by molar-refractivity contribution is -0.384. The first-order valence-electron chi connectivity index (χ1n) is 9.09. The molecule has 3 heterocycles. The summed E-state index contributed by atoms with van der Waals surface area (Å²) in [6, 6.07) is 9.49. The molecule has 0 amide bonds. The van der Waals surface area contributed by atoms with E-state index in [1.165, 1.54) is 18.3 Å². The number of non-ortho nitro benzene ring substituents is 1. The maximum absolute atomic E-state index is 14.1. The number of morpholine rings is 1. The van der Waals surface area contributed by atoms with Crippen LogP contribution in [-0.2, 0) is 4.74 Å². The molecule has 0 radical (unpaired) electrons. The first-order chi connectivity index (χ1) is 14.6. The van der Waals surface area contributed by atoms with E-state index >= 15 is 0 Å². The number of aromatic nitrogens is 2. The van der Waals surface area contributed by atoms with E-state index in [9.17, 15) is 14.5 Å². The van der Waals surface area contributed by atoms with Gasteiger partial charge >= 0.3 is 0 Å². The Hall–Kier alpha value is -3.86. The van der Waals surface area contributed by atoms with E-state index in [-0.39, 0.29) is 17.5 Å². The highest BCUT2D eigenvalue weighted by Gasteiger charge is 2.17. The standard InChI is InChI=1S/C19H17FN6O4/c20-16-12-21-19(23-18(16)25-6-8-29-9-7-25)24-22-11-15-4-5-17(30-15)13-2-1-3-14(10-13)26(27)28/h1-5,10-12H,6-9H2,(H,21,23,24)/b22-11+. The van der Waals surface area contributed by atoms with Crippen LogP contribution in [0, 0.1) is 15.9 Å². The number of benzene rings is 1. The third kappa shape index (κ3) is 4.41. The molecular weight excluding hydrogens is 395 g/mol. The Kier molecular flexibility index (Phi) is 5.61. The summed E-state index contributed by atoms with van der Waals surface area (Å²) in [4.78, 5) is 20.3. The molecule has 0 unspecified atom stereocenters. The normalized spacial score (nSPS) is 14.2. The molecule has 1 aliphatic heterocycles. The van der Waals surface area contributed by atoms with Crippen molar-refractivity contribution in [3.05, 3.63) is 64.3 Å². The number of hydrogen-bond donors (Lipinski definition) is 1. The molecule has 11 heteroatoms. The predicted molar refractivity (Wildman–Crippen MR) is 107 cm³/mol. The number of furan rings is 1. The maximum atomic E-state index is 14.1. The fourth-order valence-corrected chi connectivity index (χ4v) is 2.91. The first kappa shape index (κ1) is 19.5. The molecule has 30 heavy (non-hydrogen) atoms. The van der Waals surface area contributed by atoms with Crippen molar-refractivity contribution in [3.63, 3.8) is 0 Å². The van der Waals surface area contributed by atoms with E-state index in [1.54, 1.807) is 29.2 Å². The van der Waals surface area contributed by atoms with Crippen LogP contribution in [0.1, 0.15) is 5.76 Å². The summed E-state index contributed by atoms with van der Waals surface area (Å²) in [7, 11) is 0. The molecule has 0 atom stereocenters. The van der Waals surface area contributed by atoms with Crippen LogP contribution in [0.4, 0.5) is 21.8 Å². The molecule has 1 saturated heterocycles. The van der Waals surface area contributed by atoms with Crippen LogP contribution in [0.2, 0.25) is 0 Å². The van der Waals surface area contributed by atoms with Gasteiger partial charge in [-0.05, 0) is 12.1 Å². The van der Waals surface area contributed by atoms with Crippen molar-refractivity contribution in [1.29, 1.82) is 0 Å². The molecule has 0 aliphatic carbocycles. The summed E-state index contributed by atoms with van der Waals surface area (Å²) in [6.07, 6.45) is 2.49. The van der Waals surface area contributed by atoms with Crippen molar-refractivity contribution < 1.29 is 18.5 Å². The van der Waals surface area contributed by atoms with E-state index in [0.717, 1.165) is 6.20 Å². The number of hydrogen-bond acceptors (Lipinski definition) is 9. The average molecular weight is 412 g/mol. The topological polar surface area (TPSA) is 119 Å². The van der Waals surface area contributed by atoms with Gasteiger partial charge in [0.05, 0.1) is 30.5 Å². The zero-order valence-corrected chi connectivity index (χ0v) is 15.7. The van der Waals surface area contributed by atoms with Gasteiger partial charge in [-0.2, -0.15) is 10.1 Å². The van der Waals surface area contributed by atoms with Crippen molar-refractivity contribution in [2.24, 2.45) is 5.10 Å². The smallest absolute Gasteiger partial charge is 0.270 e. The molecule has 1 aromatic carbocycles. The largest absolute Gasteiger partial charge is 0.455 e. The van der Waals surface area contributed by atoms with Crippen molar-refractivity contribution in [2.45, 2.75) is 0 Å². The van der Waals surface area contributed by atoms with Gasteiger partial charge in [-0.15, -0.1) is 0 Å². The fourth-order valence-electron chi connectivity index (χ4n) is 2.91. The minimum atomic E-state index is -0.515. The molecule has 3 aromatic rings. The Morgan fingerprint density at radius 3 is 2.90 bits per heavy atom. The van der Waals surface area contributed by atoms with Gasteiger partial charge in [-0.3, -0.25) is 10.1 Å². The summed E-state index contributed by atoms with van der Waals surface area (Å²) >= 11 is 0. The monoisotopic (exact) mass is 412 g/mol. The number of nitro groups is 1. The maximum Gasteiger partial charge on any atom is 0.270 e. The summed E-state index contributed by atoms with van der Waals surface area (Å²) in [5.41, 5.74) is 3.20. The molecule has 154 valence electrons. The van der Waals surface area contributed by atoms with E-state index in [0.29, 0.717) is 43.4 Å². The molecule has 1 N–H and O–H groups in total. The Labute approximate surface area is 170 Å². The number of hydrazone groups is 1. The number of nitrogens with zero attached hydrogens (tertiary/aromatic N) is 5. The molecule has 0 spiro atoms. The molecule has 1 aliphatic rings. The van der Waals surface area contributed by atoms with Crippen LogP contribution >= 0.6 is 0 Å². The minimum absolute atomic E-state index is 0.0229. The predicted octanol–water partition coefficient (Wildman–Crippen LogP) is 3.07. The Balaban J connectivity index is 1.44. The van der Waals surface area contributed by atoms with E-state index < -0.39 is 10.7 Å². The van der Waals surface area contributed by atoms with E-state index in [2.05, 4.69) is 20.5 Å². The third-order valence-electron chi connectivity index (χ3n) is 4.36. The van der Waals surface area contributed by atoms with Crippen LogP contribution in [0.5, 0.6) is 0 Å². The van der Waals surface area contributed by atoms with Crippen LogP contribution in [0.3, 0.4) is 0 Å². The second-order valence-corrected chi connectivity index (χ2v) is 6.34. The van der Waals surface area contributed by atoms with Gasteiger partial charge in [0.15, 0.2) is 11.6 Å². The zero-order chi connectivity index (χ0) is 20.9. The summed E-state index contributed by atoms with van der Waals surface area (Å²) in [5.74, 6) is 0.697. The Morgan fingerprint density at radius 2 is 2.10 bits per heavy atom. The van der Waals surface area contributed by atoms with Gasteiger partial charge in [0.1, 0.15) is 11.5 Å². The van der Waals surface area contributed by atoms with Gasteiger partial charge in [-0.1, -0.05) is 12.1 Å². The van der Waals surface area contributed by atoms with Crippen molar-refractivity contribution in [1.82, 2.24) is 9.97 Å². The van der Waals surface area contributed by atoms with Gasteiger partial charge in [-0.25, -0.2) is 14.8 Å². The Morgan fingerprint density at radius 1 is 1.27 bits per heavy atom. The number of anilines is 2. The second-order valence-electron chi connectivity index (χ2n) is 6.34. The molecule has 4 rings (SSSR count). The molecular formula is C19H17FN6O4. The number of nitro benzene ring substituents is 1. The van der Waals surface area contributed by atoms with Crippen LogP contribution in [0.15, 0.2) is 52.1 Å². The number of halogens is 1. The van der Waals surface area contributed by atoms with Crippen LogP contribution in [-0.4, -0.2) is 47.4 Å². The van der Waals surface area contributed by atoms with Gasteiger partial charge in [0.25, 0.3) is 5.69 Å². The van der Waals surface area contributed by atoms with E-state index in [1.807, 2.05) is 0 Å². The summed E-state index contributed by atoms with van der Waals surface area (Å²) in [5, 5.41) is 14.9. The van der Waals surface area contributed by atoms with Gasteiger partial charge in [0, 0.05) is 30.8 Å². The van der Waals surface area contributed by atoms with Gasteiger partial charge in [0.2, 0.25) is 5.95 Å². The van der Waals surface area contributed by atoms with Crippen LogP contribution in [0.25, 0.3) is 11.3 Å². The lowest BCUT2D eigenvalue weighted by atomic mass is 10.1. The second kappa shape index (κ2) is 8.66. The Bertz CT molecular complexity index is 1080. The number of nitrogens with one attached hydrogen (secondary N) is 1. The summed E-state index contributed by atoms with van der Waals surface area (Å²) in [6.45, 7) is 2.11. The highest BCUT2D eigenvalue weighted by Crippen LogP contribution is 2.25. The fraction of sp³-hybridized carbons (Fsp3) is 0.211. The molecule has 0 bridgehead atoms. The molecule has 2 aromatic heterocycles. The SMILES string of the molecule is O=[N+]([O-])c1cccc(-c2ccc(/C=N/Nc3ncc(F)c(N4CCOCC4)n3)o2)c1. The molecule has 0 saturated carbocycles. The summed E-state index contributed by atoms with van der Waals surface area (Å²) < 4.78 is 25.0. The zero-order valence-electron chi connectivity index (χ0n) is 15.7. The highest BCUT2D eigenvalue weighted by molar-refractivity contribution is 5.78. The highest BCUT2D eigenvalue weighted by atomic mass is 19.1. The first-order valence-corrected chi connectivity index (χ1v) is 9.09. The van der Waals surface area contributed by atoms with E-state index in [4.69, 9.17) is 9.15 Å². The lowest BCUT2D eigenvalue weighted by Crippen LogP contribution is -2.37. The van der Waals surface area contributed by atoms with Crippen molar-refractivity contribution in [3.8, 4) is 11.3 Å². The third-order valence-corrected chi connectivity index (χ3v) is 4.36. The van der Waals surface area contributed by atoms with Crippen molar-refractivity contribution in [2.75, 3.05) is 36.6 Å². The van der Waals surface area contributed by atoms with Crippen molar-refractivity contribution >= 4 is 23.7 Å². The number of ether oxygens (including phenoxy) is 1. The van der Waals surface area contributed by atoms with Crippen LogP contribution < -0.4 is 10.3 Å². The quantitative estimate of drug-likeness (QED) is 0.373.